The average Bonchev–Trinajstić information content (AvgIpc) is 2.93. The minimum Gasteiger partial charge on any atom is -0.352 e. The molecule has 4 heteroatoms. The maximum absolute atomic E-state index is 5.81. The van der Waals surface area contributed by atoms with Crippen LogP contribution in [-0.2, 0) is 0 Å². The fourth-order valence-electron chi connectivity index (χ4n) is 2.84. The summed E-state index contributed by atoms with van der Waals surface area (Å²) in [5, 5.41) is 0. The number of fused-ring (bicyclic) bond motifs is 1. The standard InChI is InChI=1S/C15H18ClN3/c16-9-3-5-12-6-4-10-19(12)15-11-17-13-7-1-2-8-14(13)18-15/h1-2,7-8,11-12H,3-6,9-10H2. The lowest BCUT2D eigenvalue weighted by Gasteiger charge is -2.25. The third-order valence-electron chi connectivity index (χ3n) is 3.78. The number of halogens is 1. The van der Waals surface area contributed by atoms with Crippen LogP contribution in [0, 0.1) is 0 Å². The topological polar surface area (TPSA) is 29.0 Å². The molecule has 1 unspecified atom stereocenters. The first-order chi connectivity index (χ1) is 9.38. The molecule has 0 radical (unpaired) electrons. The molecule has 0 amide bonds. The van der Waals surface area contributed by atoms with E-state index in [1.807, 2.05) is 30.5 Å². The zero-order valence-electron chi connectivity index (χ0n) is 10.9. The molecule has 0 bridgehead atoms. The second-order valence-corrected chi connectivity index (χ2v) is 5.42. The second-order valence-electron chi connectivity index (χ2n) is 5.04. The fourth-order valence-corrected chi connectivity index (χ4v) is 2.99. The number of alkyl halides is 1. The molecule has 19 heavy (non-hydrogen) atoms. The van der Waals surface area contributed by atoms with Gasteiger partial charge in [0.2, 0.25) is 0 Å². The molecular weight excluding hydrogens is 258 g/mol. The number of aromatic nitrogens is 2. The first-order valence-corrected chi connectivity index (χ1v) is 7.46. The molecule has 2 aromatic rings. The Kier molecular flexibility index (Phi) is 3.83. The molecule has 0 saturated carbocycles. The molecular formula is C15H18ClN3. The van der Waals surface area contributed by atoms with Crippen LogP contribution < -0.4 is 4.90 Å². The smallest absolute Gasteiger partial charge is 0.148 e. The summed E-state index contributed by atoms with van der Waals surface area (Å²) in [5.74, 6) is 1.75. The van der Waals surface area contributed by atoms with Crippen molar-refractivity contribution in [2.75, 3.05) is 17.3 Å². The van der Waals surface area contributed by atoms with Crippen LogP contribution in [0.25, 0.3) is 11.0 Å². The number of nitrogens with zero attached hydrogens (tertiary/aromatic N) is 3. The quantitative estimate of drug-likeness (QED) is 0.798. The van der Waals surface area contributed by atoms with Gasteiger partial charge in [-0.15, -0.1) is 11.6 Å². The normalized spacial score (nSPS) is 19.2. The molecule has 1 saturated heterocycles. The van der Waals surface area contributed by atoms with Crippen molar-refractivity contribution in [2.24, 2.45) is 0 Å². The zero-order valence-corrected chi connectivity index (χ0v) is 11.7. The number of hydrogen-bond acceptors (Lipinski definition) is 3. The monoisotopic (exact) mass is 275 g/mol. The van der Waals surface area contributed by atoms with Gasteiger partial charge in [0.05, 0.1) is 17.2 Å². The number of para-hydroxylation sites is 2. The molecule has 1 aliphatic rings. The van der Waals surface area contributed by atoms with Gasteiger partial charge in [-0.1, -0.05) is 12.1 Å². The predicted octanol–water partition coefficient (Wildman–Crippen LogP) is 3.62. The molecule has 1 fully saturated rings. The van der Waals surface area contributed by atoms with Crippen LogP contribution >= 0.6 is 11.6 Å². The van der Waals surface area contributed by atoms with Crippen LogP contribution in [0.5, 0.6) is 0 Å². The molecule has 2 heterocycles. The summed E-state index contributed by atoms with van der Waals surface area (Å²) in [6.07, 6.45) is 6.61. The predicted molar refractivity (Wildman–Crippen MR) is 79.9 cm³/mol. The minimum absolute atomic E-state index is 0.578. The molecule has 100 valence electrons. The van der Waals surface area contributed by atoms with Gasteiger partial charge in [-0.05, 0) is 37.8 Å². The van der Waals surface area contributed by atoms with Crippen molar-refractivity contribution in [3.8, 4) is 0 Å². The summed E-state index contributed by atoms with van der Waals surface area (Å²) in [6.45, 7) is 1.08. The Morgan fingerprint density at radius 2 is 2.11 bits per heavy atom. The highest BCUT2D eigenvalue weighted by atomic mass is 35.5. The Balaban J connectivity index is 1.86. The Morgan fingerprint density at radius 1 is 1.26 bits per heavy atom. The van der Waals surface area contributed by atoms with Crippen molar-refractivity contribution in [3.05, 3.63) is 30.5 Å². The first kappa shape index (κ1) is 12.7. The summed E-state index contributed by atoms with van der Waals surface area (Å²) in [6, 6.07) is 8.61. The highest BCUT2D eigenvalue weighted by molar-refractivity contribution is 6.17. The van der Waals surface area contributed by atoms with Crippen LogP contribution in [0.3, 0.4) is 0 Å². The summed E-state index contributed by atoms with van der Waals surface area (Å²) >= 11 is 5.81. The molecule has 0 spiro atoms. The summed E-state index contributed by atoms with van der Waals surface area (Å²) in [5.41, 5.74) is 1.94. The summed E-state index contributed by atoms with van der Waals surface area (Å²) in [4.78, 5) is 11.7. The number of anilines is 1. The molecule has 1 aromatic heterocycles. The highest BCUT2D eigenvalue weighted by Gasteiger charge is 2.25. The van der Waals surface area contributed by atoms with Gasteiger partial charge in [0.25, 0.3) is 0 Å². The van der Waals surface area contributed by atoms with Gasteiger partial charge in [0, 0.05) is 18.5 Å². The van der Waals surface area contributed by atoms with Crippen molar-refractivity contribution in [1.82, 2.24) is 9.97 Å². The van der Waals surface area contributed by atoms with E-state index in [9.17, 15) is 0 Å². The van der Waals surface area contributed by atoms with Crippen molar-refractivity contribution < 1.29 is 0 Å². The van der Waals surface area contributed by atoms with E-state index >= 15 is 0 Å². The van der Waals surface area contributed by atoms with Crippen molar-refractivity contribution in [2.45, 2.75) is 31.7 Å². The molecule has 1 aliphatic heterocycles. The van der Waals surface area contributed by atoms with Gasteiger partial charge in [-0.25, -0.2) is 4.98 Å². The SMILES string of the molecule is ClCCCC1CCCN1c1cnc2ccccc2n1. The highest BCUT2D eigenvalue weighted by Crippen LogP contribution is 2.27. The summed E-state index contributed by atoms with van der Waals surface area (Å²) in [7, 11) is 0. The lowest BCUT2D eigenvalue weighted by molar-refractivity contribution is 0.598. The Hall–Kier alpha value is -1.35. The van der Waals surface area contributed by atoms with E-state index in [-0.39, 0.29) is 0 Å². The van der Waals surface area contributed by atoms with Gasteiger partial charge in [0.1, 0.15) is 5.82 Å². The Bertz CT molecular complexity index is 558. The molecule has 3 rings (SSSR count). The Morgan fingerprint density at radius 3 is 2.95 bits per heavy atom. The molecule has 1 atom stereocenters. The van der Waals surface area contributed by atoms with Gasteiger partial charge in [0.15, 0.2) is 0 Å². The van der Waals surface area contributed by atoms with E-state index in [4.69, 9.17) is 16.6 Å². The molecule has 1 aromatic carbocycles. The minimum atomic E-state index is 0.578. The zero-order chi connectivity index (χ0) is 13.1. The van der Waals surface area contributed by atoms with Gasteiger partial charge in [-0.2, -0.15) is 0 Å². The fraction of sp³-hybridized carbons (Fsp3) is 0.467. The van der Waals surface area contributed by atoms with E-state index in [1.54, 1.807) is 0 Å². The van der Waals surface area contributed by atoms with E-state index in [1.165, 1.54) is 12.8 Å². The maximum Gasteiger partial charge on any atom is 0.148 e. The third-order valence-corrected chi connectivity index (χ3v) is 4.05. The third kappa shape index (κ3) is 2.66. The van der Waals surface area contributed by atoms with Crippen molar-refractivity contribution in [3.63, 3.8) is 0 Å². The van der Waals surface area contributed by atoms with Crippen molar-refractivity contribution in [1.29, 1.82) is 0 Å². The molecule has 0 N–H and O–H groups in total. The van der Waals surface area contributed by atoms with Crippen LogP contribution in [0.4, 0.5) is 5.82 Å². The number of benzene rings is 1. The first-order valence-electron chi connectivity index (χ1n) is 6.93. The van der Waals surface area contributed by atoms with Crippen LogP contribution in [-0.4, -0.2) is 28.4 Å². The van der Waals surface area contributed by atoms with Gasteiger partial charge in [-0.3, -0.25) is 4.98 Å². The van der Waals surface area contributed by atoms with Gasteiger partial charge >= 0.3 is 0 Å². The molecule has 3 nitrogen and oxygen atoms in total. The van der Waals surface area contributed by atoms with E-state index in [0.717, 1.165) is 42.1 Å². The number of hydrogen-bond donors (Lipinski definition) is 0. The van der Waals surface area contributed by atoms with Crippen LogP contribution in [0.1, 0.15) is 25.7 Å². The van der Waals surface area contributed by atoms with Crippen LogP contribution in [0.2, 0.25) is 0 Å². The largest absolute Gasteiger partial charge is 0.352 e. The van der Waals surface area contributed by atoms with Gasteiger partial charge < -0.3 is 4.90 Å². The maximum atomic E-state index is 5.81. The lowest BCUT2D eigenvalue weighted by atomic mass is 10.1. The second kappa shape index (κ2) is 5.74. The van der Waals surface area contributed by atoms with E-state index in [2.05, 4.69) is 9.88 Å². The lowest BCUT2D eigenvalue weighted by Crippen LogP contribution is -2.30. The van der Waals surface area contributed by atoms with E-state index < -0.39 is 0 Å². The van der Waals surface area contributed by atoms with Crippen LogP contribution in [0.15, 0.2) is 30.5 Å². The van der Waals surface area contributed by atoms with E-state index in [0.29, 0.717) is 6.04 Å². The number of rotatable bonds is 4. The average molecular weight is 276 g/mol. The van der Waals surface area contributed by atoms with Crippen molar-refractivity contribution >= 4 is 28.5 Å². The Labute approximate surface area is 118 Å². The summed E-state index contributed by atoms with van der Waals surface area (Å²) < 4.78 is 0. The molecule has 0 aliphatic carbocycles.